The summed E-state index contributed by atoms with van der Waals surface area (Å²) in [5, 5.41) is 0.388. The van der Waals surface area contributed by atoms with E-state index in [0.717, 1.165) is 6.42 Å². The molecule has 0 aliphatic carbocycles. The highest BCUT2D eigenvalue weighted by atomic mass is 32.2. The molecule has 1 amide bonds. The third kappa shape index (κ3) is 4.02. The Bertz CT molecular complexity index is 309. The molecule has 0 aromatic heterocycles. The van der Waals surface area contributed by atoms with E-state index in [0.29, 0.717) is 18.2 Å². The third-order valence-corrected chi connectivity index (χ3v) is 4.29. The van der Waals surface area contributed by atoms with Gasteiger partial charge in [0.05, 0.1) is 6.04 Å². The molecule has 1 aliphatic heterocycles. The Balaban J connectivity index is 2.72. The van der Waals surface area contributed by atoms with Gasteiger partial charge in [-0.3, -0.25) is 9.59 Å². The first-order chi connectivity index (χ1) is 7.74. The van der Waals surface area contributed by atoms with Crippen LogP contribution in [0.3, 0.4) is 0 Å². The van der Waals surface area contributed by atoms with Crippen molar-refractivity contribution in [2.75, 3.05) is 6.54 Å². The average molecular weight is 257 g/mol. The van der Waals surface area contributed by atoms with Crippen LogP contribution in [-0.4, -0.2) is 39.2 Å². The zero-order chi connectivity index (χ0) is 13.2. The predicted molar refractivity (Wildman–Crippen MR) is 72.2 cm³/mol. The van der Waals surface area contributed by atoms with Crippen molar-refractivity contribution in [3.8, 4) is 0 Å². The Labute approximate surface area is 108 Å². The van der Waals surface area contributed by atoms with Crippen LogP contribution in [0.2, 0.25) is 0 Å². The highest BCUT2D eigenvalue weighted by Crippen LogP contribution is 2.36. The van der Waals surface area contributed by atoms with E-state index in [9.17, 15) is 9.59 Å². The van der Waals surface area contributed by atoms with Gasteiger partial charge in [-0.05, 0) is 6.42 Å². The van der Waals surface area contributed by atoms with Gasteiger partial charge in [-0.2, -0.15) is 11.8 Å². The lowest BCUT2D eigenvalue weighted by Crippen LogP contribution is -2.39. The molecular formula is C13H23NO2S. The van der Waals surface area contributed by atoms with E-state index in [-0.39, 0.29) is 22.5 Å². The molecular weight excluding hydrogens is 234 g/mol. The molecule has 98 valence electrons. The zero-order valence-electron chi connectivity index (χ0n) is 11.4. The molecule has 0 N–H and O–H groups in total. The van der Waals surface area contributed by atoms with Crippen molar-refractivity contribution in [1.29, 1.82) is 0 Å². The first kappa shape index (κ1) is 14.6. The molecule has 0 radical (unpaired) electrons. The van der Waals surface area contributed by atoms with Crippen LogP contribution in [0.15, 0.2) is 0 Å². The predicted octanol–water partition coefficient (Wildman–Crippen LogP) is 2.49. The van der Waals surface area contributed by atoms with Gasteiger partial charge in [0.25, 0.3) is 0 Å². The monoisotopic (exact) mass is 257 g/mol. The van der Waals surface area contributed by atoms with Gasteiger partial charge >= 0.3 is 0 Å². The number of carbonyl (C=O) groups is 2. The molecule has 0 bridgehead atoms. The molecule has 1 fully saturated rings. The van der Waals surface area contributed by atoms with Crippen molar-refractivity contribution < 1.29 is 9.59 Å². The van der Waals surface area contributed by atoms with Gasteiger partial charge in [-0.25, -0.2) is 0 Å². The van der Waals surface area contributed by atoms with E-state index in [4.69, 9.17) is 0 Å². The molecule has 17 heavy (non-hydrogen) atoms. The molecule has 1 aliphatic rings. The number of rotatable bonds is 3. The van der Waals surface area contributed by atoms with Gasteiger partial charge in [0, 0.05) is 29.9 Å². The van der Waals surface area contributed by atoms with E-state index in [1.807, 2.05) is 18.7 Å². The minimum Gasteiger partial charge on any atom is -0.332 e. The summed E-state index contributed by atoms with van der Waals surface area (Å²) in [5.74, 6) is 0.214. The SMILES string of the molecule is CCC(=O)[C@@H]1CC(SC(C)(C)C)CN1C(C)=O. The van der Waals surface area contributed by atoms with Gasteiger partial charge in [-0.1, -0.05) is 27.7 Å². The minimum atomic E-state index is -0.183. The number of hydrogen-bond acceptors (Lipinski definition) is 3. The van der Waals surface area contributed by atoms with Crippen LogP contribution in [-0.2, 0) is 9.59 Å². The van der Waals surface area contributed by atoms with Crippen molar-refractivity contribution in [2.45, 2.75) is 63.5 Å². The molecule has 1 heterocycles. The zero-order valence-corrected chi connectivity index (χ0v) is 12.3. The standard InChI is InChI=1S/C13H23NO2S/c1-6-12(16)11-7-10(17-13(3,4)5)8-14(11)9(2)15/h10-11H,6-8H2,1-5H3/t10?,11-/m0/s1. The van der Waals surface area contributed by atoms with Gasteiger partial charge in [0.2, 0.25) is 5.91 Å². The molecule has 3 nitrogen and oxygen atoms in total. The maximum absolute atomic E-state index is 11.8. The number of hydrogen-bond donors (Lipinski definition) is 0. The number of carbonyl (C=O) groups excluding carboxylic acids is 2. The molecule has 0 aromatic rings. The normalized spacial score (nSPS) is 25.1. The Morgan fingerprint density at radius 3 is 2.35 bits per heavy atom. The summed E-state index contributed by atoms with van der Waals surface area (Å²) in [4.78, 5) is 25.1. The van der Waals surface area contributed by atoms with Crippen LogP contribution in [0.25, 0.3) is 0 Å². The van der Waals surface area contributed by atoms with Crippen LogP contribution < -0.4 is 0 Å². The molecule has 1 unspecified atom stereocenters. The van der Waals surface area contributed by atoms with E-state index < -0.39 is 0 Å². The van der Waals surface area contributed by atoms with Crippen LogP contribution >= 0.6 is 11.8 Å². The summed E-state index contributed by atoms with van der Waals surface area (Å²) < 4.78 is 0.178. The number of nitrogens with zero attached hydrogens (tertiary/aromatic N) is 1. The Hall–Kier alpha value is -0.510. The Kier molecular flexibility index (Phi) is 4.64. The largest absolute Gasteiger partial charge is 0.332 e. The topological polar surface area (TPSA) is 37.4 Å². The highest BCUT2D eigenvalue weighted by Gasteiger charge is 2.38. The van der Waals surface area contributed by atoms with E-state index in [2.05, 4.69) is 20.8 Å². The minimum absolute atomic E-state index is 0.0220. The summed E-state index contributed by atoms with van der Waals surface area (Å²) in [6.07, 6.45) is 1.33. The quantitative estimate of drug-likeness (QED) is 0.779. The molecule has 4 heteroatoms. The number of amides is 1. The average Bonchev–Trinajstić information content (AvgIpc) is 2.57. The van der Waals surface area contributed by atoms with Crippen molar-refractivity contribution in [3.05, 3.63) is 0 Å². The number of thioether (sulfide) groups is 1. The van der Waals surface area contributed by atoms with E-state index in [1.165, 1.54) is 0 Å². The summed E-state index contributed by atoms with van der Waals surface area (Å²) in [6, 6.07) is -0.183. The van der Waals surface area contributed by atoms with Crippen LogP contribution in [0.5, 0.6) is 0 Å². The molecule has 2 atom stereocenters. The molecule has 0 spiro atoms. The lowest BCUT2D eigenvalue weighted by molar-refractivity contribution is -0.135. The second kappa shape index (κ2) is 5.42. The lowest BCUT2D eigenvalue weighted by atomic mass is 10.1. The van der Waals surface area contributed by atoms with Gasteiger partial charge in [0.1, 0.15) is 0 Å². The maximum atomic E-state index is 11.8. The molecule has 1 rings (SSSR count). The first-order valence-corrected chi connectivity index (χ1v) is 7.10. The van der Waals surface area contributed by atoms with E-state index >= 15 is 0 Å². The van der Waals surface area contributed by atoms with Crippen molar-refractivity contribution in [1.82, 2.24) is 4.90 Å². The van der Waals surface area contributed by atoms with Crippen LogP contribution in [0.4, 0.5) is 0 Å². The van der Waals surface area contributed by atoms with Gasteiger partial charge < -0.3 is 4.90 Å². The Morgan fingerprint density at radius 1 is 1.35 bits per heavy atom. The highest BCUT2D eigenvalue weighted by molar-refractivity contribution is 8.01. The smallest absolute Gasteiger partial charge is 0.220 e. The second-order valence-corrected chi connectivity index (χ2v) is 7.72. The summed E-state index contributed by atoms with van der Waals surface area (Å²) in [7, 11) is 0. The van der Waals surface area contributed by atoms with Crippen LogP contribution in [0, 0.1) is 0 Å². The molecule has 0 aromatic carbocycles. The van der Waals surface area contributed by atoms with Crippen molar-refractivity contribution in [2.24, 2.45) is 0 Å². The Morgan fingerprint density at radius 2 is 1.94 bits per heavy atom. The molecule has 0 saturated carbocycles. The number of ketones is 1. The van der Waals surface area contributed by atoms with Crippen molar-refractivity contribution in [3.63, 3.8) is 0 Å². The summed E-state index contributed by atoms with van der Waals surface area (Å²) in [5.41, 5.74) is 0. The lowest BCUT2D eigenvalue weighted by Gasteiger charge is -2.23. The fraction of sp³-hybridized carbons (Fsp3) is 0.846. The second-order valence-electron chi connectivity index (χ2n) is 5.59. The van der Waals surface area contributed by atoms with Crippen molar-refractivity contribution >= 4 is 23.5 Å². The van der Waals surface area contributed by atoms with E-state index in [1.54, 1.807) is 11.8 Å². The van der Waals surface area contributed by atoms with Crippen LogP contribution in [0.1, 0.15) is 47.5 Å². The fourth-order valence-electron chi connectivity index (χ4n) is 2.27. The molecule has 1 saturated heterocycles. The summed E-state index contributed by atoms with van der Waals surface area (Å²) in [6.45, 7) is 10.7. The first-order valence-electron chi connectivity index (χ1n) is 6.22. The number of likely N-dealkylation sites (tertiary alicyclic amines) is 1. The van der Waals surface area contributed by atoms with Gasteiger partial charge in [0.15, 0.2) is 5.78 Å². The number of Topliss-reactive ketones (excluding diaryl/α,β-unsaturated/α-hetero) is 1. The fourth-order valence-corrected chi connectivity index (χ4v) is 3.79. The summed E-state index contributed by atoms with van der Waals surface area (Å²) >= 11 is 1.87. The third-order valence-electron chi connectivity index (χ3n) is 2.91. The maximum Gasteiger partial charge on any atom is 0.220 e. The van der Waals surface area contributed by atoms with Gasteiger partial charge in [-0.15, -0.1) is 0 Å².